The van der Waals surface area contributed by atoms with Crippen molar-refractivity contribution < 1.29 is 4.79 Å². The second-order valence-corrected chi connectivity index (χ2v) is 4.00. The molecule has 1 aromatic rings. The Labute approximate surface area is 101 Å². The fraction of sp³-hybridized carbons (Fsp3) is 0.364. The number of hydrogen-bond donors (Lipinski definition) is 1. The van der Waals surface area contributed by atoms with Crippen LogP contribution in [-0.4, -0.2) is 31.6 Å². The lowest BCUT2D eigenvalue weighted by Gasteiger charge is -2.25. The molecule has 0 saturated heterocycles. The van der Waals surface area contributed by atoms with E-state index in [1.54, 1.807) is 37.2 Å². The topological polar surface area (TPSA) is 49.6 Å². The number of urea groups is 1. The molecule has 0 radical (unpaired) electrons. The SMILES string of the molecule is CCN(C)C(=O)N(C)c1cc(Cl)ccc1N. The van der Waals surface area contributed by atoms with Crippen molar-refractivity contribution >= 4 is 29.0 Å². The summed E-state index contributed by atoms with van der Waals surface area (Å²) in [7, 11) is 3.41. The Morgan fingerprint density at radius 1 is 1.44 bits per heavy atom. The second-order valence-electron chi connectivity index (χ2n) is 3.56. The van der Waals surface area contributed by atoms with E-state index in [4.69, 9.17) is 17.3 Å². The van der Waals surface area contributed by atoms with Gasteiger partial charge in [0.1, 0.15) is 0 Å². The molecule has 0 spiro atoms. The summed E-state index contributed by atoms with van der Waals surface area (Å²) < 4.78 is 0. The highest BCUT2D eigenvalue weighted by Crippen LogP contribution is 2.26. The van der Waals surface area contributed by atoms with Crippen LogP contribution in [0.4, 0.5) is 16.2 Å². The van der Waals surface area contributed by atoms with Crippen molar-refractivity contribution in [3.8, 4) is 0 Å². The van der Waals surface area contributed by atoms with Gasteiger partial charge in [0.05, 0.1) is 11.4 Å². The number of carbonyl (C=O) groups is 1. The van der Waals surface area contributed by atoms with Crippen molar-refractivity contribution in [1.82, 2.24) is 4.90 Å². The molecule has 0 aliphatic heterocycles. The van der Waals surface area contributed by atoms with Crippen LogP contribution >= 0.6 is 11.6 Å². The molecule has 4 nitrogen and oxygen atoms in total. The molecule has 1 rings (SSSR count). The van der Waals surface area contributed by atoms with E-state index in [0.717, 1.165) is 0 Å². The lowest BCUT2D eigenvalue weighted by atomic mass is 10.2. The monoisotopic (exact) mass is 241 g/mol. The summed E-state index contributed by atoms with van der Waals surface area (Å²) in [6, 6.07) is 4.95. The number of nitrogens with zero attached hydrogens (tertiary/aromatic N) is 2. The average molecular weight is 242 g/mol. The van der Waals surface area contributed by atoms with Crippen LogP contribution in [0.1, 0.15) is 6.92 Å². The van der Waals surface area contributed by atoms with E-state index in [1.807, 2.05) is 6.92 Å². The molecule has 0 aromatic heterocycles. The van der Waals surface area contributed by atoms with Crippen molar-refractivity contribution in [3.05, 3.63) is 23.2 Å². The molecule has 0 bridgehead atoms. The minimum Gasteiger partial charge on any atom is -0.397 e. The molecule has 88 valence electrons. The number of anilines is 2. The maximum atomic E-state index is 11.9. The molecule has 2 amide bonds. The van der Waals surface area contributed by atoms with Crippen molar-refractivity contribution in [2.45, 2.75) is 6.92 Å². The minimum absolute atomic E-state index is 0.114. The molecule has 2 N–H and O–H groups in total. The summed E-state index contributed by atoms with van der Waals surface area (Å²) in [5, 5.41) is 0.558. The van der Waals surface area contributed by atoms with Gasteiger partial charge in [0.2, 0.25) is 0 Å². The van der Waals surface area contributed by atoms with E-state index in [-0.39, 0.29) is 6.03 Å². The minimum atomic E-state index is -0.114. The Balaban J connectivity index is 3.00. The molecule has 5 heteroatoms. The first-order valence-corrected chi connectivity index (χ1v) is 5.39. The van der Waals surface area contributed by atoms with Gasteiger partial charge in [-0.2, -0.15) is 0 Å². The van der Waals surface area contributed by atoms with Gasteiger partial charge in [0.25, 0.3) is 0 Å². The Bertz CT molecular complexity index is 395. The lowest BCUT2D eigenvalue weighted by Crippen LogP contribution is -2.38. The number of rotatable bonds is 2. The smallest absolute Gasteiger partial charge is 0.324 e. The third-order valence-electron chi connectivity index (χ3n) is 2.44. The molecule has 0 fully saturated rings. The number of benzene rings is 1. The summed E-state index contributed by atoms with van der Waals surface area (Å²) in [4.78, 5) is 15.0. The first kappa shape index (κ1) is 12.6. The molecule has 0 atom stereocenters. The standard InChI is InChI=1S/C11H16ClN3O/c1-4-14(2)11(16)15(3)10-7-8(12)5-6-9(10)13/h5-7H,4,13H2,1-3H3. The fourth-order valence-corrected chi connectivity index (χ4v) is 1.47. The van der Waals surface area contributed by atoms with Crippen LogP contribution in [0.15, 0.2) is 18.2 Å². The van der Waals surface area contributed by atoms with Crippen LogP contribution in [0.2, 0.25) is 5.02 Å². The quantitative estimate of drug-likeness (QED) is 0.809. The van der Waals surface area contributed by atoms with E-state index in [1.165, 1.54) is 4.90 Å². The Kier molecular flexibility index (Phi) is 4.01. The number of nitrogen functional groups attached to an aromatic ring is 1. The van der Waals surface area contributed by atoms with Gasteiger partial charge in [-0.05, 0) is 25.1 Å². The fourth-order valence-electron chi connectivity index (χ4n) is 1.30. The van der Waals surface area contributed by atoms with Crippen LogP contribution in [0.5, 0.6) is 0 Å². The van der Waals surface area contributed by atoms with Gasteiger partial charge in [-0.25, -0.2) is 4.79 Å². The van der Waals surface area contributed by atoms with Crippen LogP contribution in [0.3, 0.4) is 0 Å². The number of halogens is 1. The summed E-state index contributed by atoms with van der Waals surface area (Å²) in [5.74, 6) is 0. The van der Waals surface area contributed by atoms with Gasteiger partial charge in [0, 0.05) is 25.7 Å². The summed E-state index contributed by atoms with van der Waals surface area (Å²) in [6.07, 6.45) is 0. The van der Waals surface area contributed by atoms with E-state index < -0.39 is 0 Å². The predicted molar refractivity (Wildman–Crippen MR) is 68.0 cm³/mol. The summed E-state index contributed by atoms with van der Waals surface area (Å²) in [5.41, 5.74) is 6.95. The first-order valence-electron chi connectivity index (χ1n) is 5.01. The maximum absolute atomic E-state index is 11.9. The van der Waals surface area contributed by atoms with Gasteiger partial charge in [0.15, 0.2) is 0 Å². The summed E-state index contributed by atoms with van der Waals surface area (Å²) >= 11 is 5.87. The van der Waals surface area contributed by atoms with Crippen molar-refractivity contribution in [2.75, 3.05) is 31.3 Å². The number of carbonyl (C=O) groups excluding carboxylic acids is 1. The van der Waals surface area contributed by atoms with Crippen LogP contribution < -0.4 is 10.6 Å². The summed E-state index contributed by atoms with van der Waals surface area (Å²) in [6.45, 7) is 2.55. The molecule has 0 saturated carbocycles. The highest BCUT2D eigenvalue weighted by atomic mass is 35.5. The third kappa shape index (κ3) is 2.58. The molecule has 0 aliphatic carbocycles. The van der Waals surface area contributed by atoms with E-state index >= 15 is 0 Å². The first-order chi connectivity index (χ1) is 7.47. The van der Waals surface area contributed by atoms with Crippen LogP contribution in [0.25, 0.3) is 0 Å². The zero-order chi connectivity index (χ0) is 12.3. The normalized spacial score (nSPS) is 10.0. The van der Waals surface area contributed by atoms with E-state index in [2.05, 4.69) is 0 Å². The van der Waals surface area contributed by atoms with Crippen molar-refractivity contribution in [1.29, 1.82) is 0 Å². The Morgan fingerprint density at radius 2 is 2.06 bits per heavy atom. The largest absolute Gasteiger partial charge is 0.397 e. The second kappa shape index (κ2) is 5.07. The van der Waals surface area contributed by atoms with Gasteiger partial charge < -0.3 is 10.6 Å². The molecule has 1 aromatic carbocycles. The Morgan fingerprint density at radius 3 is 2.62 bits per heavy atom. The predicted octanol–water partition coefficient (Wildman–Crippen LogP) is 2.43. The lowest BCUT2D eigenvalue weighted by molar-refractivity contribution is 0.219. The van der Waals surface area contributed by atoms with Gasteiger partial charge in [-0.3, -0.25) is 4.90 Å². The van der Waals surface area contributed by atoms with Crippen LogP contribution in [-0.2, 0) is 0 Å². The molecular formula is C11H16ClN3O. The molecule has 16 heavy (non-hydrogen) atoms. The number of nitrogens with two attached hydrogens (primary N) is 1. The number of amides is 2. The van der Waals surface area contributed by atoms with Crippen molar-refractivity contribution in [2.24, 2.45) is 0 Å². The highest BCUT2D eigenvalue weighted by Gasteiger charge is 2.16. The highest BCUT2D eigenvalue weighted by molar-refractivity contribution is 6.31. The van der Waals surface area contributed by atoms with Gasteiger partial charge in [-0.15, -0.1) is 0 Å². The van der Waals surface area contributed by atoms with E-state index in [0.29, 0.717) is 22.9 Å². The zero-order valence-electron chi connectivity index (χ0n) is 9.70. The Hall–Kier alpha value is -1.42. The third-order valence-corrected chi connectivity index (χ3v) is 2.68. The molecular weight excluding hydrogens is 226 g/mol. The van der Waals surface area contributed by atoms with Crippen molar-refractivity contribution in [3.63, 3.8) is 0 Å². The van der Waals surface area contributed by atoms with Gasteiger partial charge >= 0.3 is 6.03 Å². The zero-order valence-corrected chi connectivity index (χ0v) is 10.5. The molecule has 0 heterocycles. The molecule has 0 aliphatic rings. The average Bonchev–Trinajstić information content (AvgIpc) is 2.29. The number of hydrogen-bond acceptors (Lipinski definition) is 2. The molecule has 0 unspecified atom stereocenters. The maximum Gasteiger partial charge on any atom is 0.324 e. The van der Waals surface area contributed by atoms with Crippen LogP contribution in [0, 0.1) is 0 Å². The van der Waals surface area contributed by atoms with Gasteiger partial charge in [-0.1, -0.05) is 11.6 Å². The van der Waals surface area contributed by atoms with E-state index in [9.17, 15) is 4.79 Å².